The van der Waals surface area contributed by atoms with Crippen LogP contribution in [0.4, 0.5) is 11.4 Å². The Morgan fingerprint density at radius 3 is 2.09 bits per heavy atom. The number of carbonyl (C=O) groups is 2. The number of nitrogens with zero attached hydrogens (tertiary/aromatic N) is 2. The molecule has 3 aromatic carbocycles. The molecule has 0 N–H and O–H groups in total. The highest BCUT2D eigenvalue weighted by Gasteiger charge is 2.60. The summed E-state index contributed by atoms with van der Waals surface area (Å²) in [6.45, 7) is 0. The van der Waals surface area contributed by atoms with Gasteiger partial charge in [-0.05, 0) is 60.2 Å². The van der Waals surface area contributed by atoms with Gasteiger partial charge in [0, 0.05) is 20.1 Å². The number of halogens is 4. The minimum atomic E-state index is -1.02. The molecular weight excluding hydrogens is 494 g/mol. The zero-order chi connectivity index (χ0) is 22.6. The Morgan fingerprint density at radius 1 is 0.719 bits per heavy atom. The second-order valence-electron chi connectivity index (χ2n) is 7.46. The number of hydroxylamine groups is 1. The maximum absolute atomic E-state index is 13.6. The smallest absolute Gasteiger partial charge is 0.266 e. The van der Waals surface area contributed by atoms with E-state index < -0.39 is 29.9 Å². The Bertz CT molecular complexity index is 1230. The molecule has 0 radical (unpaired) electrons. The topological polar surface area (TPSA) is 49.9 Å². The number of carbonyl (C=O) groups excluding carboxylic acids is 2. The van der Waals surface area contributed by atoms with Gasteiger partial charge in [-0.15, -0.1) is 0 Å². The Morgan fingerprint density at radius 2 is 1.41 bits per heavy atom. The van der Waals surface area contributed by atoms with Crippen molar-refractivity contribution < 1.29 is 14.4 Å². The van der Waals surface area contributed by atoms with E-state index in [0.29, 0.717) is 37.0 Å². The summed E-state index contributed by atoms with van der Waals surface area (Å²) in [6, 6.07) is 17.9. The quantitative estimate of drug-likeness (QED) is 0.387. The summed E-state index contributed by atoms with van der Waals surface area (Å²) in [5, 5.41) is 3.34. The third-order valence-electron chi connectivity index (χ3n) is 5.54. The first-order valence-electron chi connectivity index (χ1n) is 9.65. The second kappa shape index (κ2) is 8.25. The van der Waals surface area contributed by atoms with E-state index in [1.165, 1.54) is 0 Å². The molecule has 0 aromatic heterocycles. The number of rotatable bonds is 3. The van der Waals surface area contributed by atoms with Gasteiger partial charge in [0.2, 0.25) is 5.91 Å². The number of hydrogen-bond acceptors (Lipinski definition) is 4. The van der Waals surface area contributed by atoms with Gasteiger partial charge in [-0.2, -0.15) is 0 Å². The molecule has 2 fully saturated rings. The van der Waals surface area contributed by atoms with Crippen molar-refractivity contribution in [2.45, 2.75) is 12.1 Å². The fraction of sp³-hybridized carbons (Fsp3) is 0.130. The number of imide groups is 1. The second-order valence-corrected chi connectivity index (χ2v) is 9.17. The SMILES string of the molecule is O=C1C2ON(c3ccc(Cl)cc3)C(c3ccc(Cl)cc3Cl)C2C(=O)N1c1cccc(Cl)c1. The highest BCUT2D eigenvalue weighted by Crippen LogP contribution is 2.49. The number of fused-ring (bicyclic) bond motifs is 1. The van der Waals surface area contributed by atoms with Gasteiger partial charge in [0.1, 0.15) is 5.92 Å². The fourth-order valence-corrected chi connectivity index (χ4v) is 4.98. The van der Waals surface area contributed by atoms with E-state index in [2.05, 4.69) is 0 Å². The first-order chi connectivity index (χ1) is 15.3. The van der Waals surface area contributed by atoms with Crippen LogP contribution < -0.4 is 9.96 Å². The average Bonchev–Trinajstić information content (AvgIpc) is 3.25. The van der Waals surface area contributed by atoms with Gasteiger partial charge in [0.25, 0.3) is 5.91 Å². The number of amides is 2. The van der Waals surface area contributed by atoms with E-state index in [9.17, 15) is 9.59 Å². The normalized spacial score (nSPS) is 22.6. The molecule has 9 heteroatoms. The molecule has 2 heterocycles. The van der Waals surface area contributed by atoms with Crippen LogP contribution >= 0.6 is 46.4 Å². The Balaban J connectivity index is 1.61. The van der Waals surface area contributed by atoms with Gasteiger partial charge < -0.3 is 0 Å². The van der Waals surface area contributed by atoms with Crippen molar-refractivity contribution in [3.63, 3.8) is 0 Å². The van der Waals surface area contributed by atoms with Crippen molar-refractivity contribution in [1.29, 1.82) is 0 Å². The highest BCUT2D eigenvalue weighted by molar-refractivity contribution is 6.35. The maximum atomic E-state index is 13.6. The first-order valence-corrected chi connectivity index (χ1v) is 11.2. The summed E-state index contributed by atoms with van der Waals surface area (Å²) in [6.07, 6.45) is -1.02. The summed E-state index contributed by atoms with van der Waals surface area (Å²) < 4.78 is 0. The summed E-state index contributed by atoms with van der Waals surface area (Å²) in [5.41, 5.74) is 1.65. The lowest BCUT2D eigenvalue weighted by Gasteiger charge is -2.29. The molecule has 0 spiro atoms. The lowest BCUT2D eigenvalue weighted by atomic mass is 9.90. The zero-order valence-corrected chi connectivity index (χ0v) is 19.2. The summed E-state index contributed by atoms with van der Waals surface area (Å²) in [5.74, 6) is -1.68. The third kappa shape index (κ3) is 3.54. The van der Waals surface area contributed by atoms with E-state index >= 15 is 0 Å². The van der Waals surface area contributed by atoms with Crippen LogP contribution in [-0.2, 0) is 14.4 Å². The van der Waals surface area contributed by atoms with Gasteiger partial charge >= 0.3 is 0 Å². The van der Waals surface area contributed by atoms with Gasteiger partial charge in [0.15, 0.2) is 6.10 Å². The maximum Gasteiger partial charge on any atom is 0.266 e. The molecule has 2 aliphatic heterocycles. The third-order valence-corrected chi connectivity index (χ3v) is 6.59. The molecule has 5 rings (SSSR count). The van der Waals surface area contributed by atoms with Crippen LogP contribution in [0.2, 0.25) is 20.1 Å². The molecule has 32 heavy (non-hydrogen) atoms. The monoisotopic (exact) mass is 506 g/mol. The van der Waals surface area contributed by atoms with Crippen LogP contribution in [0.5, 0.6) is 0 Å². The Kier molecular flexibility index (Phi) is 5.56. The molecule has 2 amide bonds. The first kappa shape index (κ1) is 21.6. The van der Waals surface area contributed by atoms with Crippen LogP contribution in [0.15, 0.2) is 66.7 Å². The largest absolute Gasteiger partial charge is 0.273 e. The van der Waals surface area contributed by atoms with Crippen molar-refractivity contribution in [2.75, 3.05) is 9.96 Å². The van der Waals surface area contributed by atoms with Crippen molar-refractivity contribution in [3.8, 4) is 0 Å². The fourth-order valence-electron chi connectivity index (χ4n) is 4.15. The lowest BCUT2D eigenvalue weighted by molar-refractivity contribution is -0.126. The van der Waals surface area contributed by atoms with Crippen molar-refractivity contribution >= 4 is 69.6 Å². The molecule has 3 aromatic rings. The predicted molar refractivity (Wildman–Crippen MR) is 125 cm³/mol. The van der Waals surface area contributed by atoms with Gasteiger partial charge in [0.05, 0.1) is 17.4 Å². The molecule has 0 aliphatic carbocycles. The van der Waals surface area contributed by atoms with Gasteiger partial charge in [-0.25, -0.2) is 9.96 Å². The molecule has 2 aliphatic rings. The van der Waals surface area contributed by atoms with E-state index in [-0.39, 0.29) is 0 Å². The number of benzene rings is 3. The van der Waals surface area contributed by atoms with E-state index in [4.69, 9.17) is 51.2 Å². The van der Waals surface area contributed by atoms with Crippen LogP contribution in [-0.4, -0.2) is 17.9 Å². The summed E-state index contributed by atoms with van der Waals surface area (Å²) in [4.78, 5) is 34.1. The minimum Gasteiger partial charge on any atom is -0.273 e. The van der Waals surface area contributed by atoms with Crippen LogP contribution in [0.3, 0.4) is 0 Å². The molecular formula is C23H14Cl4N2O3. The van der Waals surface area contributed by atoms with E-state index in [1.807, 2.05) is 0 Å². The molecule has 0 bridgehead atoms. The zero-order valence-electron chi connectivity index (χ0n) is 16.2. The number of anilines is 2. The summed E-state index contributed by atoms with van der Waals surface area (Å²) >= 11 is 24.7. The molecule has 5 nitrogen and oxygen atoms in total. The van der Waals surface area contributed by atoms with Gasteiger partial charge in [-0.1, -0.05) is 58.5 Å². The van der Waals surface area contributed by atoms with Crippen molar-refractivity contribution in [3.05, 3.63) is 92.4 Å². The van der Waals surface area contributed by atoms with E-state index in [1.54, 1.807) is 71.8 Å². The molecule has 3 atom stereocenters. The van der Waals surface area contributed by atoms with Crippen LogP contribution in [0.1, 0.15) is 11.6 Å². The van der Waals surface area contributed by atoms with Crippen molar-refractivity contribution in [1.82, 2.24) is 0 Å². The summed E-state index contributed by atoms with van der Waals surface area (Å²) in [7, 11) is 0. The van der Waals surface area contributed by atoms with Crippen LogP contribution in [0, 0.1) is 5.92 Å². The van der Waals surface area contributed by atoms with Crippen LogP contribution in [0.25, 0.3) is 0 Å². The Labute approximate surface area is 203 Å². The highest BCUT2D eigenvalue weighted by atomic mass is 35.5. The molecule has 3 unspecified atom stereocenters. The average molecular weight is 508 g/mol. The minimum absolute atomic E-state index is 0.368. The standard InChI is InChI=1S/C23H14Cl4N2O3/c24-12-4-7-15(8-5-12)29-20(17-9-6-14(26)11-18(17)27)19-21(32-29)23(31)28(22(19)30)16-3-1-2-13(25)10-16/h1-11,19-21H. The van der Waals surface area contributed by atoms with Gasteiger partial charge in [-0.3, -0.25) is 14.4 Å². The molecule has 2 saturated heterocycles. The van der Waals surface area contributed by atoms with Crippen molar-refractivity contribution in [2.24, 2.45) is 5.92 Å². The lowest BCUT2D eigenvalue weighted by Crippen LogP contribution is -2.37. The predicted octanol–water partition coefficient (Wildman–Crippen LogP) is 6.35. The number of hydrogen-bond donors (Lipinski definition) is 0. The Hall–Kier alpha value is -2.28. The van der Waals surface area contributed by atoms with E-state index in [0.717, 1.165) is 4.90 Å². The molecule has 0 saturated carbocycles. The molecule has 162 valence electrons.